The normalized spacial score (nSPS) is 11.8. The van der Waals surface area contributed by atoms with Crippen molar-refractivity contribution in [2.45, 2.75) is 17.9 Å². The van der Waals surface area contributed by atoms with E-state index in [1.807, 2.05) is 34.9 Å². The van der Waals surface area contributed by atoms with Crippen molar-refractivity contribution in [3.63, 3.8) is 0 Å². The molecular formula is C19H17FN2OS2. The minimum atomic E-state index is -0.295. The molecule has 0 unspecified atom stereocenters. The van der Waals surface area contributed by atoms with Crippen LogP contribution in [-0.2, 0) is 11.3 Å². The quantitative estimate of drug-likeness (QED) is 0.467. The van der Waals surface area contributed by atoms with Gasteiger partial charge in [0.15, 0.2) is 4.80 Å². The summed E-state index contributed by atoms with van der Waals surface area (Å²) in [5.41, 5.74) is 0.858. The number of nitrogens with zero attached hydrogens (tertiary/aromatic N) is 2. The van der Waals surface area contributed by atoms with E-state index >= 15 is 0 Å². The number of benzene rings is 2. The van der Waals surface area contributed by atoms with Gasteiger partial charge >= 0.3 is 0 Å². The second kappa shape index (κ2) is 8.27. The lowest BCUT2D eigenvalue weighted by atomic mass is 10.3. The van der Waals surface area contributed by atoms with Crippen LogP contribution in [0.4, 0.5) is 4.39 Å². The molecule has 0 aliphatic rings. The summed E-state index contributed by atoms with van der Waals surface area (Å²) in [6.07, 6.45) is 2.10. The molecule has 128 valence electrons. The van der Waals surface area contributed by atoms with E-state index in [1.54, 1.807) is 23.9 Å². The average Bonchev–Trinajstić information content (AvgIpc) is 2.92. The number of halogens is 1. The molecule has 25 heavy (non-hydrogen) atoms. The standard InChI is InChI=1S/C19H17FN2OS2/c1-2-11-22-16-9-8-14(20)13-17(16)25-19(22)21-18(23)10-12-24-15-6-4-3-5-7-15/h2-9,13H,1,10-12H2. The minimum Gasteiger partial charge on any atom is -0.313 e. The molecule has 3 rings (SSSR count). The molecule has 6 heteroatoms. The third kappa shape index (κ3) is 4.46. The highest BCUT2D eigenvalue weighted by atomic mass is 32.2. The van der Waals surface area contributed by atoms with Gasteiger partial charge in [0.1, 0.15) is 5.82 Å². The smallest absolute Gasteiger partial charge is 0.249 e. The SMILES string of the molecule is C=CCn1c(=NC(=O)CCSc2ccccc2)sc2cc(F)ccc21. The summed E-state index contributed by atoms with van der Waals surface area (Å²) in [6, 6.07) is 14.5. The Bertz CT molecular complexity index is 960. The molecule has 2 aromatic carbocycles. The second-order valence-electron chi connectivity index (χ2n) is 5.31. The van der Waals surface area contributed by atoms with Gasteiger partial charge in [-0.05, 0) is 30.3 Å². The molecule has 1 amide bonds. The van der Waals surface area contributed by atoms with Gasteiger partial charge in [0.25, 0.3) is 0 Å². The summed E-state index contributed by atoms with van der Waals surface area (Å²) >= 11 is 2.95. The van der Waals surface area contributed by atoms with Crippen molar-refractivity contribution < 1.29 is 9.18 Å². The van der Waals surface area contributed by atoms with Crippen LogP contribution in [0.2, 0.25) is 0 Å². The number of carbonyl (C=O) groups excluding carboxylic acids is 1. The molecule has 1 heterocycles. The summed E-state index contributed by atoms with van der Waals surface area (Å²) < 4.78 is 16.1. The van der Waals surface area contributed by atoms with Crippen molar-refractivity contribution in [2.75, 3.05) is 5.75 Å². The van der Waals surface area contributed by atoms with Gasteiger partial charge in [-0.1, -0.05) is 35.6 Å². The Hall–Kier alpha value is -2.18. The monoisotopic (exact) mass is 372 g/mol. The van der Waals surface area contributed by atoms with Crippen molar-refractivity contribution >= 4 is 39.2 Å². The lowest BCUT2D eigenvalue weighted by Gasteiger charge is -2.01. The molecule has 0 saturated heterocycles. The molecule has 0 aliphatic heterocycles. The first-order valence-electron chi connectivity index (χ1n) is 7.82. The number of thioether (sulfide) groups is 1. The number of amides is 1. The predicted molar refractivity (Wildman–Crippen MR) is 102 cm³/mol. The van der Waals surface area contributed by atoms with Crippen LogP contribution in [0, 0.1) is 5.82 Å². The third-order valence-corrected chi connectivity index (χ3v) is 5.56. The highest BCUT2D eigenvalue weighted by Crippen LogP contribution is 2.20. The van der Waals surface area contributed by atoms with E-state index in [-0.39, 0.29) is 11.7 Å². The number of hydrogen-bond donors (Lipinski definition) is 0. The molecule has 0 bridgehead atoms. The number of fused-ring (bicyclic) bond motifs is 1. The van der Waals surface area contributed by atoms with Gasteiger partial charge < -0.3 is 4.57 Å². The fourth-order valence-corrected chi connectivity index (χ4v) is 4.32. The zero-order valence-electron chi connectivity index (χ0n) is 13.5. The van der Waals surface area contributed by atoms with Gasteiger partial charge in [0.05, 0.1) is 10.2 Å². The molecule has 0 N–H and O–H groups in total. The van der Waals surface area contributed by atoms with E-state index in [9.17, 15) is 9.18 Å². The largest absolute Gasteiger partial charge is 0.313 e. The Morgan fingerprint density at radius 3 is 2.84 bits per heavy atom. The number of allylic oxidation sites excluding steroid dienone is 1. The lowest BCUT2D eigenvalue weighted by molar-refractivity contribution is -0.117. The van der Waals surface area contributed by atoms with E-state index in [2.05, 4.69) is 11.6 Å². The van der Waals surface area contributed by atoms with E-state index < -0.39 is 0 Å². The zero-order valence-corrected chi connectivity index (χ0v) is 15.2. The highest BCUT2D eigenvalue weighted by Gasteiger charge is 2.08. The maximum Gasteiger partial charge on any atom is 0.249 e. The second-order valence-corrected chi connectivity index (χ2v) is 7.49. The van der Waals surface area contributed by atoms with Crippen LogP contribution in [0.1, 0.15) is 6.42 Å². The van der Waals surface area contributed by atoms with Crippen LogP contribution in [0.15, 0.2) is 71.1 Å². The fourth-order valence-electron chi connectivity index (χ4n) is 2.37. The number of thiazole rings is 1. The molecule has 0 radical (unpaired) electrons. The molecule has 0 fully saturated rings. The van der Waals surface area contributed by atoms with E-state index in [4.69, 9.17) is 0 Å². The minimum absolute atomic E-state index is 0.173. The van der Waals surface area contributed by atoms with Crippen molar-refractivity contribution in [1.82, 2.24) is 4.57 Å². The molecular weight excluding hydrogens is 355 g/mol. The Balaban J connectivity index is 1.78. The maximum absolute atomic E-state index is 13.4. The van der Waals surface area contributed by atoms with Gasteiger partial charge in [0.2, 0.25) is 5.91 Å². The Labute approximate surface area is 153 Å². The lowest BCUT2D eigenvalue weighted by Crippen LogP contribution is -2.16. The van der Waals surface area contributed by atoms with Crippen LogP contribution >= 0.6 is 23.1 Å². The van der Waals surface area contributed by atoms with E-state index in [1.165, 1.54) is 23.5 Å². The first-order chi connectivity index (χ1) is 12.2. The van der Waals surface area contributed by atoms with Gasteiger partial charge in [-0.2, -0.15) is 4.99 Å². The summed E-state index contributed by atoms with van der Waals surface area (Å²) in [7, 11) is 0. The Morgan fingerprint density at radius 2 is 2.08 bits per heavy atom. The number of rotatable bonds is 6. The molecule has 3 nitrogen and oxygen atoms in total. The van der Waals surface area contributed by atoms with E-state index in [0.717, 1.165) is 15.1 Å². The highest BCUT2D eigenvalue weighted by molar-refractivity contribution is 7.99. The predicted octanol–water partition coefficient (Wildman–Crippen LogP) is 4.64. The summed E-state index contributed by atoms with van der Waals surface area (Å²) in [4.78, 5) is 18.2. The van der Waals surface area contributed by atoms with Crippen molar-refractivity contribution in [3.05, 3.63) is 71.8 Å². The Kier molecular flexibility index (Phi) is 5.83. The number of aromatic nitrogens is 1. The molecule has 0 saturated carbocycles. The molecule has 3 aromatic rings. The van der Waals surface area contributed by atoms with Crippen molar-refractivity contribution in [2.24, 2.45) is 4.99 Å². The van der Waals surface area contributed by atoms with Crippen LogP contribution < -0.4 is 4.80 Å². The van der Waals surface area contributed by atoms with E-state index in [0.29, 0.717) is 23.5 Å². The average molecular weight is 372 g/mol. The molecule has 0 spiro atoms. The Morgan fingerprint density at radius 1 is 1.28 bits per heavy atom. The van der Waals surface area contributed by atoms with Gasteiger partial charge in [-0.15, -0.1) is 18.3 Å². The number of carbonyl (C=O) groups is 1. The van der Waals surface area contributed by atoms with Gasteiger partial charge in [-0.3, -0.25) is 4.79 Å². The summed E-state index contributed by atoms with van der Waals surface area (Å²) in [5, 5.41) is 0. The maximum atomic E-state index is 13.4. The van der Waals surface area contributed by atoms with Crippen LogP contribution in [0.25, 0.3) is 10.2 Å². The first kappa shape index (κ1) is 17.6. The van der Waals surface area contributed by atoms with Crippen molar-refractivity contribution in [1.29, 1.82) is 0 Å². The topological polar surface area (TPSA) is 34.4 Å². The fraction of sp³-hybridized carbons (Fsp3) is 0.158. The van der Waals surface area contributed by atoms with Crippen LogP contribution in [0.5, 0.6) is 0 Å². The van der Waals surface area contributed by atoms with Gasteiger partial charge in [0, 0.05) is 23.6 Å². The first-order valence-corrected chi connectivity index (χ1v) is 9.63. The molecule has 1 aromatic heterocycles. The van der Waals surface area contributed by atoms with Crippen LogP contribution in [0.3, 0.4) is 0 Å². The molecule has 0 aliphatic carbocycles. The van der Waals surface area contributed by atoms with Crippen molar-refractivity contribution in [3.8, 4) is 0 Å². The van der Waals surface area contributed by atoms with Gasteiger partial charge in [-0.25, -0.2) is 4.39 Å². The number of hydrogen-bond acceptors (Lipinski definition) is 3. The summed E-state index contributed by atoms with van der Waals surface area (Å²) in [5.74, 6) is 0.206. The zero-order chi connectivity index (χ0) is 17.6. The molecule has 0 atom stereocenters. The summed E-state index contributed by atoms with van der Waals surface area (Å²) in [6.45, 7) is 4.27. The third-order valence-electron chi connectivity index (χ3n) is 3.50. The van der Waals surface area contributed by atoms with Crippen LogP contribution in [-0.4, -0.2) is 16.2 Å².